The Balaban J connectivity index is 2.17. The van der Waals surface area contributed by atoms with E-state index in [2.05, 4.69) is 4.99 Å². The number of phenolic OH excluding ortho intramolecular Hbond substituents is 1. The van der Waals surface area contributed by atoms with E-state index < -0.39 is 33.8 Å². The number of nitro groups is 1. The predicted octanol–water partition coefficient (Wildman–Crippen LogP) is 4.20. The Kier molecular flexibility index (Phi) is 6.93. The molecule has 3 aromatic carbocycles. The Morgan fingerprint density at radius 2 is 1.58 bits per heavy atom. The summed E-state index contributed by atoms with van der Waals surface area (Å²) < 4.78 is 24.9. The minimum atomic E-state index is -1.77. The molecular weight excluding hydrogens is 431 g/mol. The summed E-state index contributed by atoms with van der Waals surface area (Å²) in [5.74, 6) is -1.13. The molecule has 172 valence electrons. The van der Waals surface area contributed by atoms with Crippen LogP contribution in [0.5, 0.6) is 17.2 Å². The fourth-order valence-electron chi connectivity index (χ4n) is 3.62. The Bertz CT molecular complexity index is 1150. The summed E-state index contributed by atoms with van der Waals surface area (Å²) in [4.78, 5) is 14.6. The number of aliphatic hydroxyl groups is 1. The number of hydrogen-bond acceptors (Lipinski definition) is 7. The zero-order chi connectivity index (χ0) is 24.2. The van der Waals surface area contributed by atoms with Crippen LogP contribution >= 0.6 is 0 Å². The third kappa shape index (κ3) is 4.49. The number of aliphatic imine (C=N–C) groups is 1. The lowest BCUT2D eigenvalue weighted by molar-refractivity contribution is -0.385. The van der Waals surface area contributed by atoms with Crippen LogP contribution in [-0.4, -0.2) is 41.6 Å². The zero-order valence-corrected chi connectivity index (χ0v) is 18.2. The zero-order valence-electron chi connectivity index (χ0n) is 18.2. The van der Waals surface area contributed by atoms with Crippen LogP contribution in [0.15, 0.2) is 65.7 Å². The smallest absolute Gasteiger partial charge is 0.273 e. The van der Waals surface area contributed by atoms with Crippen molar-refractivity contribution in [2.75, 3.05) is 14.2 Å². The van der Waals surface area contributed by atoms with Gasteiger partial charge in [-0.25, -0.2) is 4.39 Å². The van der Waals surface area contributed by atoms with Crippen molar-refractivity contribution in [3.8, 4) is 17.2 Å². The highest BCUT2D eigenvalue weighted by atomic mass is 19.1. The van der Waals surface area contributed by atoms with Gasteiger partial charge in [0, 0.05) is 29.0 Å². The molecule has 0 aliphatic rings. The number of non-ortho nitro benzene ring substituents is 1. The molecule has 0 bridgehead atoms. The van der Waals surface area contributed by atoms with Crippen molar-refractivity contribution in [2.45, 2.75) is 18.6 Å². The Morgan fingerprint density at radius 3 is 2.06 bits per heavy atom. The van der Waals surface area contributed by atoms with E-state index in [1.807, 2.05) is 0 Å². The lowest BCUT2D eigenvalue weighted by Crippen LogP contribution is -2.38. The molecule has 33 heavy (non-hydrogen) atoms. The Morgan fingerprint density at radius 1 is 1.06 bits per heavy atom. The highest BCUT2D eigenvalue weighted by molar-refractivity contribution is 5.85. The second-order valence-corrected chi connectivity index (χ2v) is 7.24. The lowest BCUT2D eigenvalue weighted by atomic mass is 9.80. The minimum absolute atomic E-state index is 0.198. The number of methoxy groups -OCH3 is 2. The van der Waals surface area contributed by atoms with E-state index in [4.69, 9.17) is 9.47 Å². The maximum Gasteiger partial charge on any atom is 0.273 e. The van der Waals surface area contributed by atoms with Gasteiger partial charge in [-0.1, -0.05) is 36.4 Å². The first-order valence-electron chi connectivity index (χ1n) is 9.93. The number of hydrogen-bond donors (Lipinski definition) is 2. The summed E-state index contributed by atoms with van der Waals surface area (Å²) in [6.07, 6.45) is 1.09. The van der Waals surface area contributed by atoms with E-state index in [0.717, 1.165) is 12.3 Å². The molecule has 0 saturated carbocycles. The number of nitro benzene ring substituents is 1. The van der Waals surface area contributed by atoms with Crippen molar-refractivity contribution in [1.29, 1.82) is 0 Å². The summed E-state index contributed by atoms with van der Waals surface area (Å²) in [6, 6.07) is 14.4. The van der Waals surface area contributed by atoms with E-state index in [1.54, 1.807) is 55.5 Å². The van der Waals surface area contributed by atoms with Gasteiger partial charge in [0.1, 0.15) is 17.1 Å². The van der Waals surface area contributed by atoms with Gasteiger partial charge < -0.3 is 19.7 Å². The summed E-state index contributed by atoms with van der Waals surface area (Å²) in [7, 11) is 2.94. The van der Waals surface area contributed by atoms with Crippen LogP contribution in [0.2, 0.25) is 0 Å². The summed E-state index contributed by atoms with van der Waals surface area (Å²) in [5.41, 5.74) is -1.71. The summed E-state index contributed by atoms with van der Waals surface area (Å²) >= 11 is 0. The maximum atomic E-state index is 14.0. The van der Waals surface area contributed by atoms with Gasteiger partial charge in [0.2, 0.25) is 0 Å². The summed E-state index contributed by atoms with van der Waals surface area (Å²) in [6.45, 7) is 1.61. The molecular formula is C24H23FN2O6. The molecule has 8 nitrogen and oxygen atoms in total. The van der Waals surface area contributed by atoms with Gasteiger partial charge in [-0.2, -0.15) is 0 Å². The Hall–Kier alpha value is -3.98. The number of benzene rings is 3. The Labute approximate surface area is 189 Å². The first-order valence-corrected chi connectivity index (χ1v) is 9.93. The van der Waals surface area contributed by atoms with Crippen molar-refractivity contribution in [1.82, 2.24) is 0 Å². The fourth-order valence-corrected chi connectivity index (χ4v) is 3.62. The second-order valence-electron chi connectivity index (χ2n) is 7.24. The molecule has 0 unspecified atom stereocenters. The van der Waals surface area contributed by atoms with E-state index >= 15 is 0 Å². The molecule has 0 radical (unpaired) electrons. The molecule has 3 rings (SSSR count). The van der Waals surface area contributed by atoms with E-state index in [-0.39, 0.29) is 5.56 Å². The molecule has 0 aromatic heterocycles. The molecule has 0 heterocycles. The molecule has 0 aliphatic heterocycles. The highest BCUT2D eigenvalue weighted by Gasteiger charge is 2.42. The van der Waals surface area contributed by atoms with Crippen LogP contribution in [-0.2, 0) is 5.60 Å². The average Bonchev–Trinajstić information content (AvgIpc) is 2.83. The number of rotatable bonds is 8. The van der Waals surface area contributed by atoms with Gasteiger partial charge in [-0.05, 0) is 19.1 Å². The van der Waals surface area contributed by atoms with Crippen LogP contribution in [0.4, 0.5) is 10.1 Å². The molecule has 0 fully saturated rings. The van der Waals surface area contributed by atoms with Crippen LogP contribution in [0.3, 0.4) is 0 Å². The number of halogens is 1. The molecule has 0 amide bonds. The summed E-state index contributed by atoms with van der Waals surface area (Å²) in [5, 5.41) is 33.2. The molecule has 0 saturated heterocycles. The first kappa shape index (κ1) is 23.7. The quantitative estimate of drug-likeness (QED) is 0.300. The third-order valence-electron chi connectivity index (χ3n) is 5.37. The average molecular weight is 454 g/mol. The molecule has 3 aromatic rings. The van der Waals surface area contributed by atoms with Crippen molar-refractivity contribution in [3.05, 3.63) is 93.3 Å². The van der Waals surface area contributed by atoms with Gasteiger partial charge in [-0.15, -0.1) is 0 Å². The van der Waals surface area contributed by atoms with Crippen molar-refractivity contribution in [3.63, 3.8) is 0 Å². The van der Waals surface area contributed by atoms with Gasteiger partial charge in [0.05, 0.1) is 31.3 Å². The van der Waals surface area contributed by atoms with E-state index in [1.165, 1.54) is 14.2 Å². The van der Waals surface area contributed by atoms with Crippen molar-refractivity contribution >= 4 is 11.9 Å². The predicted molar refractivity (Wildman–Crippen MR) is 121 cm³/mol. The van der Waals surface area contributed by atoms with E-state index in [9.17, 15) is 24.7 Å². The lowest BCUT2D eigenvalue weighted by Gasteiger charge is -2.35. The minimum Gasteiger partial charge on any atom is -0.504 e. The van der Waals surface area contributed by atoms with Crippen molar-refractivity contribution < 1.29 is 29.0 Å². The van der Waals surface area contributed by atoms with Gasteiger partial charge in [0.15, 0.2) is 11.6 Å². The standard InChI is InChI=1S/C24H23FN2O6/c1-15(26-14-16-12-17(27(30)31)13-20(25)23(16)28)24(29,18-8-4-6-10-21(18)32-2)19-9-5-7-11-22(19)33-3/h4-15,28-29H,1-3H3/t15-/m1/s1. The van der Waals surface area contributed by atoms with Gasteiger partial charge in [0.25, 0.3) is 5.69 Å². The van der Waals surface area contributed by atoms with Crippen LogP contribution in [0.25, 0.3) is 0 Å². The number of nitrogens with zero attached hydrogens (tertiary/aromatic N) is 2. The molecule has 9 heteroatoms. The molecule has 0 aliphatic carbocycles. The number of ether oxygens (including phenoxy) is 2. The number of para-hydroxylation sites is 2. The van der Waals surface area contributed by atoms with Crippen molar-refractivity contribution in [2.24, 2.45) is 4.99 Å². The van der Waals surface area contributed by atoms with E-state index in [0.29, 0.717) is 28.7 Å². The first-order chi connectivity index (χ1) is 15.7. The molecule has 2 N–H and O–H groups in total. The second kappa shape index (κ2) is 9.66. The normalized spacial score (nSPS) is 12.5. The fraction of sp³-hybridized carbons (Fsp3) is 0.208. The number of aromatic hydroxyl groups is 1. The largest absolute Gasteiger partial charge is 0.504 e. The van der Waals surface area contributed by atoms with Crippen LogP contribution < -0.4 is 9.47 Å². The SMILES string of the molecule is COc1ccccc1C(O)(c1ccccc1OC)[C@@H](C)N=Cc1cc([N+](=O)[O-])cc(F)c1O. The molecule has 0 spiro atoms. The monoisotopic (exact) mass is 454 g/mol. The topological polar surface area (TPSA) is 114 Å². The van der Waals surface area contributed by atoms with Crippen LogP contribution in [0.1, 0.15) is 23.6 Å². The van der Waals surface area contributed by atoms with Crippen LogP contribution in [0, 0.1) is 15.9 Å². The van der Waals surface area contributed by atoms with Gasteiger partial charge in [-0.3, -0.25) is 15.1 Å². The molecule has 1 atom stereocenters. The van der Waals surface area contributed by atoms with Gasteiger partial charge >= 0.3 is 0 Å². The third-order valence-corrected chi connectivity index (χ3v) is 5.37. The maximum absolute atomic E-state index is 14.0. The number of phenols is 1. The highest BCUT2D eigenvalue weighted by Crippen LogP contribution is 2.43.